The Morgan fingerprint density at radius 3 is 2.81 bits per heavy atom. The van der Waals surface area contributed by atoms with E-state index in [1.807, 2.05) is 18.2 Å². The Morgan fingerprint density at radius 2 is 2.00 bits per heavy atom. The minimum Gasteiger partial charge on any atom is -0.497 e. The van der Waals surface area contributed by atoms with Crippen LogP contribution in [0.25, 0.3) is 0 Å². The Morgan fingerprint density at radius 1 is 1.19 bits per heavy atom. The summed E-state index contributed by atoms with van der Waals surface area (Å²) in [5, 5.41) is 2.83. The van der Waals surface area contributed by atoms with Crippen LogP contribution in [0.5, 0.6) is 17.2 Å². The van der Waals surface area contributed by atoms with Crippen LogP contribution in [-0.4, -0.2) is 32.0 Å². The standard InChI is InChI=1S/C19H22N2O4S/c1-23-13-3-5-15(20)16(11-13)21-19(22)7-10-26-14-4-6-17-18(12-14)25-9-2-8-24-17/h3-6,11-12H,2,7-10,20H2,1H3,(H,21,22). The van der Waals surface area contributed by atoms with Crippen molar-refractivity contribution in [2.75, 3.05) is 37.1 Å². The number of thioether (sulfide) groups is 1. The lowest BCUT2D eigenvalue weighted by Gasteiger charge is -2.11. The summed E-state index contributed by atoms with van der Waals surface area (Å²) < 4.78 is 16.5. The Labute approximate surface area is 157 Å². The molecule has 7 heteroatoms. The van der Waals surface area contributed by atoms with Crippen molar-refractivity contribution < 1.29 is 19.0 Å². The van der Waals surface area contributed by atoms with Gasteiger partial charge >= 0.3 is 0 Å². The molecule has 0 saturated carbocycles. The number of benzene rings is 2. The lowest BCUT2D eigenvalue weighted by molar-refractivity contribution is -0.115. The number of rotatable bonds is 6. The van der Waals surface area contributed by atoms with E-state index in [1.54, 1.807) is 37.1 Å². The van der Waals surface area contributed by atoms with E-state index in [2.05, 4.69) is 5.32 Å². The van der Waals surface area contributed by atoms with Crippen LogP contribution < -0.4 is 25.3 Å². The van der Waals surface area contributed by atoms with Crippen molar-refractivity contribution in [3.05, 3.63) is 36.4 Å². The number of hydrogen-bond acceptors (Lipinski definition) is 6. The zero-order valence-electron chi connectivity index (χ0n) is 14.6. The summed E-state index contributed by atoms with van der Waals surface area (Å²) in [6.07, 6.45) is 1.25. The molecule has 0 spiro atoms. The van der Waals surface area contributed by atoms with Crippen molar-refractivity contribution in [2.45, 2.75) is 17.7 Å². The number of carbonyl (C=O) groups excluding carboxylic acids is 1. The van der Waals surface area contributed by atoms with Gasteiger partial charge in [0.05, 0.1) is 31.7 Å². The van der Waals surface area contributed by atoms with Gasteiger partial charge in [0.15, 0.2) is 11.5 Å². The molecule has 1 heterocycles. The first-order valence-electron chi connectivity index (χ1n) is 8.41. The summed E-state index contributed by atoms with van der Waals surface area (Å²) in [7, 11) is 1.57. The fraction of sp³-hybridized carbons (Fsp3) is 0.316. The molecule has 1 amide bonds. The second-order valence-corrected chi connectivity index (χ2v) is 6.93. The van der Waals surface area contributed by atoms with Gasteiger partial charge < -0.3 is 25.3 Å². The smallest absolute Gasteiger partial charge is 0.225 e. The summed E-state index contributed by atoms with van der Waals surface area (Å²) in [4.78, 5) is 13.2. The molecule has 138 valence electrons. The van der Waals surface area contributed by atoms with Crippen molar-refractivity contribution in [1.29, 1.82) is 0 Å². The highest BCUT2D eigenvalue weighted by molar-refractivity contribution is 7.99. The maximum atomic E-state index is 12.2. The Bertz CT molecular complexity index is 782. The average molecular weight is 374 g/mol. The molecule has 0 fully saturated rings. The van der Waals surface area contributed by atoms with Crippen LogP contribution in [-0.2, 0) is 4.79 Å². The lowest BCUT2D eigenvalue weighted by atomic mass is 10.2. The predicted octanol–water partition coefficient (Wildman–Crippen LogP) is 3.56. The first-order valence-corrected chi connectivity index (χ1v) is 9.40. The van der Waals surface area contributed by atoms with Gasteiger partial charge in [0, 0.05) is 29.6 Å². The van der Waals surface area contributed by atoms with Gasteiger partial charge in [-0.1, -0.05) is 0 Å². The number of ether oxygens (including phenoxy) is 3. The van der Waals surface area contributed by atoms with Crippen LogP contribution in [0.1, 0.15) is 12.8 Å². The van der Waals surface area contributed by atoms with Crippen molar-refractivity contribution >= 4 is 29.0 Å². The number of fused-ring (bicyclic) bond motifs is 1. The molecule has 2 aromatic rings. The van der Waals surface area contributed by atoms with E-state index < -0.39 is 0 Å². The number of nitrogens with one attached hydrogen (secondary N) is 1. The SMILES string of the molecule is COc1ccc(N)c(NC(=O)CCSc2ccc3c(c2)OCCCO3)c1. The monoisotopic (exact) mass is 374 g/mol. The first-order chi connectivity index (χ1) is 12.7. The number of nitrogens with two attached hydrogens (primary N) is 1. The van der Waals surface area contributed by atoms with Gasteiger partial charge in [0.2, 0.25) is 5.91 Å². The highest BCUT2D eigenvalue weighted by Crippen LogP contribution is 2.34. The Kier molecular flexibility index (Phi) is 6.12. The summed E-state index contributed by atoms with van der Waals surface area (Å²) in [6, 6.07) is 11.0. The second kappa shape index (κ2) is 8.71. The van der Waals surface area contributed by atoms with E-state index in [1.165, 1.54) is 0 Å². The summed E-state index contributed by atoms with van der Waals surface area (Å²) in [6.45, 7) is 1.33. The van der Waals surface area contributed by atoms with E-state index in [-0.39, 0.29) is 5.91 Å². The molecule has 3 N–H and O–H groups in total. The zero-order chi connectivity index (χ0) is 18.4. The molecule has 0 aromatic heterocycles. The minimum atomic E-state index is -0.0909. The number of methoxy groups -OCH3 is 1. The molecule has 3 rings (SSSR count). The van der Waals surface area contributed by atoms with Crippen molar-refractivity contribution in [2.24, 2.45) is 0 Å². The van der Waals surface area contributed by atoms with Crippen LogP contribution >= 0.6 is 11.8 Å². The quantitative estimate of drug-likeness (QED) is 0.594. The highest BCUT2D eigenvalue weighted by Gasteiger charge is 2.12. The Balaban J connectivity index is 1.52. The molecule has 1 aliphatic rings. The van der Waals surface area contributed by atoms with Gasteiger partial charge in [-0.25, -0.2) is 0 Å². The van der Waals surface area contributed by atoms with Gasteiger partial charge in [-0.05, 0) is 30.3 Å². The third-order valence-electron chi connectivity index (χ3n) is 3.85. The zero-order valence-corrected chi connectivity index (χ0v) is 15.4. The van der Waals surface area contributed by atoms with Gasteiger partial charge in [-0.15, -0.1) is 11.8 Å². The molecule has 0 atom stereocenters. The van der Waals surface area contributed by atoms with Crippen LogP contribution in [0, 0.1) is 0 Å². The van der Waals surface area contributed by atoms with Crippen LogP contribution in [0.2, 0.25) is 0 Å². The molecule has 2 aromatic carbocycles. The fourth-order valence-corrected chi connectivity index (χ4v) is 3.36. The number of carbonyl (C=O) groups is 1. The summed E-state index contributed by atoms with van der Waals surface area (Å²) in [5.74, 6) is 2.75. The molecule has 1 aliphatic heterocycles. The van der Waals surface area contributed by atoms with Gasteiger partial charge in [0.25, 0.3) is 0 Å². The normalized spacial score (nSPS) is 13.0. The van der Waals surface area contributed by atoms with Crippen molar-refractivity contribution in [3.8, 4) is 17.2 Å². The van der Waals surface area contributed by atoms with Crippen LogP contribution in [0.3, 0.4) is 0 Å². The summed E-state index contributed by atoms with van der Waals surface area (Å²) in [5.41, 5.74) is 6.96. The number of nitrogen functional groups attached to an aromatic ring is 1. The third kappa shape index (κ3) is 4.76. The van der Waals surface area contributed by atoms with E-state index in [4.69, 9.17) is 19.9 Å². The lowest BCUT2D eigenvalue weighted by Crippen LogP contribution is -2.13. The van der Waals surface area contributed by atoms with Crippen LogP contribution in [0.4, 0.5) is 11.4 Å². The fourth-order valence-electron chi connectivity index (χ4n) is 2.48. The highest BCUT2D eigenvalue weighted by atomic mass is 32.2. The van der Waals surface area contributed by atoms with Crippen molar-refractivity contribution in [3.63, 3.8) is 0 Å². The van der Waals surface area contributed by atoms with E-state index in [9.17, 15) is 4.79 Å². The van der Waals surface area contributed by atoms with Gasteiger partial charge in [-0.3, -0.25) is 4.79 Å². The molecule has 0 unspecified atom stereocenters. The molecule has 0 radical (unpaired) electrons. The molecule has 6 nitrogen and oxygen atoms in total. The van der Waals surface area contributed by atoms with Gasteiger partial charge in [0.1, 0.15) is 5.75 Å². The number of hydrogen-bond donors (Lipinski definition) is 2. The average Bonchev–Trinajstić information content (AvgIpc) is 2.88. The maximum absolute atomic E-state index is 12.2. The molecule has 0 bridgehead atoms. The van der Waals surface area contributed by atoms with E-state index in [0.29, 0.717) is 42.5 Å². The first kappa shape index (κ1) is 18.3. The number of anilines is 2. The summed E-state index contributed by atoms with van der Waals surface area (Å²) >= 11 is 1.60. The minimum absolute atomic E-state index is 0.0909. The molecule has 0 saturated heterocycles. The number of amides is 1. The predicted molar refractivity (Wildman–Crippen MR) is 103 cm³/mol. The van der Waals surface area contributed by atoms with E-state index >= 15 is 0 Å². The van der Waals surface area contributed by atoms with Gasteiger partial charge in [-0.2, -0.15) is 0 Å². The Hall–Kier alpha value is -2.54. The van der Waals surface area contributed by atoms with Crippen molar-refractivity contribution in [1.82, 2.24) is 0 Å². The molecule has 26 heavy (non-hydrogen) atoms. The molecular formula is C19H22N2O4S. The molecule has 0 aliphatic carbocycles. The maximum Gasteiger partial charge on any atom is 0.225 e. The van der Waals surface area contributed by atoms with E-state index in [0.717, 1.165) is 22.8 Å². The van der Waals surface area contributed by atoms with Crippen LogP contribution in [0.15, 0.2) is 41.3 Å². The molecular weight excluding hydrogens is 352 g/mol. The second-order valence-electron chi connectivity index (χ2n) is 5.76. The third-order valence-corrected chi connectivity index (χ3v) is 4.85. The topological polar surface area (TPSA) is 82.8 Å². The largest absolute Gasteiger partial charge is 0.497 e.